The summed E-state index contributed by atoms with van der Waals surface area (Å²) in [6.07, 6.45) is 1.98. The van der Waals surface area contributed by atoms with Crippen LogP contribution in [0, 0.1) is 5.92 Å². The highest BCUT2D eigenvalue weighted by Gasteiger charge is 2.29. The molecule has 4 rings (SSSR count). The van der Waals surface area contributed by atoms with E-state index in [1.165, 1.54) is 0 Å². The molecule has 6 heteroatoms. The number of carbonyl (C=O) groups is 1. The third-order valence-corrected chi connectivity index (χ3v) is 4.24. The van der Waals surface area contributed by atoms with Gasteiger partial charge in [0.05, 0.1) is 5.02 Å². The van der Waals surface area contributed by atoms with Crippen LogP contribution >= 0.6 is 11.6 Å². The maximum absolute atomic E-state index is 11.7. The van der Waals surface area contributed by atoms with Crippen molar-refractivity contribution in [2.75, 3.05) is 12.1 Å². The summed E-state index contributed by atoms with van der Waals surface area (Å²) < 4.78 is 16.4. The van der Waals surface area contributed by atoms with Gasteiger partial charge in [0, 0.05) is 11.6 Å². The standard InChI is InChI=1S/C18H16ClNO4/c19-15-7-11(8-16-17(15)24-10-23-16)9-22-14-5-3-13(4-6-14)20-18(21)12-1-2-12/h3-8,12H,1-2,9-10H2,(H,20,21). The number of ether oxygens (including phenoxy) is 3. The summed E-state index contributed by atoms with van der Waals surface area (Å²) in [4.78, 5) is 11.7. The summed E-state index contributed by atoms with van der Waals surface area (Å²) in [6.45, 7) is 0.553. The molecule has 2 aliphatic rings. The third-order valence-electron chi connectivity index (χ3n) is 3.96. The predicted molar refractivity (Wildman–Crippen MR) is 89.7 cm³/mol. The molecule has 24 heavy (non-hydrogen) atoms. The Morgan fingerprint density at radius 3 is 2.75 bits per heavy atom. The number of rotatable bonds is 5. The zero-order chi connectivity index (χ0) is 16.5. The second-order valence-corrected chi connectivity index (χ2v) is 6.30. The largest absolute Gasteiger partial charge is 0.489 e. The molecule has 0 bridgehead atoms. The second kappa shape index (κ2) is 6.24. The van der Waals surface area contributed by atoms with Crippen LogP contribution in [-0.4, -0.2) is 12.7 Å². The van der Waals surface area contributed by atoms with Crippen LogP contribution in [0.1, 0.15) is 18.4 Å². The van der Waals surface area contributed by atoms with Crippen LogP contribution in [0.3, 0.4) is 0 Å². The highest BCUT2D eigenvalue weighted by atomic mass is 35.5. The molecule has 1 aliphatic heterocycles. The van der Waals surface area contributed by atoms with Crippen molar-refractivity contribution in [1.82, 2.24) is 0 Å². The average Bonchev–Trinajstić information content (AvgIpc) is 3.33. The molecule has 1 amide bonds. The van der Waals surface area contributed by atoms with Gasteiger partial charge >= 0.3 is 0 Å². The van der Waals surface area contributed by atoms with Crippen LogP contribution < -0.4 is 19.5 Å². The van der Waals surface area contributed by atoms with Gasteiger partial charge in [-0.25, -0.2) is 0 Å². The van der Waals surface area contributed by atoms with E-state index in [1.807, 2.05) is 30.3 Å². The minimum Gasteiger partial charge on any atom is -0.489 e. The number of halogens is 1. The fourth-order valence-electron chi connectivity index (χ4n) is 2.50. The number of anilines is 1. The number of carbonyl (C=O) groups excluding carboxylic acids is 1. The lowest BCUT2D eigenvalue weighted by molar-refractivity contribution is -0.117. The Bertz CT molecular complexity index is 771. The molecule has 2 aromatic carbocycles. The summed E-state index contributed by atoms with van der Waals surface area (Å²) in [5.74, 6) is 2.22. The van der Waals surface area contributed by atoms with Crippen molar-refractivity contribution in [2.24, 2.45) is 5.92 Å². The van der Waals surface area contributed by atoms with Gasteiger partial charge in [0.25, 0.3) is 0 Å². The van der Waals surface area contributed by atoms with E-state index in [4.69, 9.17) is 25.8 Å². The highest BCUT2D eigenvalue weighted by molar-refractivity contribution is 6.32. The van der Waals surface area contributed by atoms with Gasteiger partial charge in [-0.15, -0.1) is 0 Å². The fraction of sp³-hybridized carbons (Fsp3) is 0.278. The predicted octanol–water partition coefficient (Wildman–Crippen LogP) is 4.00. The Labute approximate surface area is 144 Å². The molecule has 1 heterocycles. The Kier molecular flexibility index (Phi) is 3.94. The molecule has 5 nitrogen and oxygen atoms in total. The van der Waals surface area contributed by atoms with Crippen LogP contribution in [0.2, 0.25) is 5.02 Å². The number of nitrogens with one attached hydrogen (secondary N) is 1. The van der Waals surface area contributed by atoms with E-state index < -0.39 is 0 Å². The van der Waals surface area contributed by atoms with Crippen molar-refractivity contribution in [1.29, 1.82) is 0 Å². The van der Waals surface area contributed by atoms with Crippen LogP contribution in [0.25, 0.3) is 0 Å². The molecule has 1 saturated carbocycles. The van der Waals surface area contributed by atoms with Gasteiger partial charge in [-0.1, -0.05) is 11.6 Å². The lowest BCUT2D eigenvalue weighted by atomic mass is 10.2. The maximum Gasteiger partial charge on any atom is 0.231 e. The number of hydrogen-bond acceptors (Lipinski definition) is 4. The van der Waals surface area contributed by atoms with Crippen LogP contribution in [-0.2, 0) is 11.4 Å². The lowest BCUT2D eigenvalue weighted by Gasteiger charge is -2.09. The molecule has 0 unspecified atom stereocenters. The molecule has 0 atom stereocenters. The highest BCUT2D eigenvalue weighted by Crippen LogP contribution is 2.40. The molecule has 1 aliphatic carbocycles. The molecule has 0 aromatic heterocycles. The molecule has 0 saturated heterocycles. The van der Waals surface area contributed by atoms with E-state index in [9.17, 15) is 4.79 Å². The van der Waals surface area contributed by atoms with Gasteiger partial charge in [0.15, 0.2) is 11.5 Å². The van der Waals surface area contributed by atoms with Crippen molar-refractivity contribution in [3.8, 4) is 17.2 Å². The molecule has 124 valence electrons. The molecule has 0 spiro atoms. The van der Waals surface area contributed by atoms with Gasteiger partial charge in [-0.05, 0) is 54.8 Å². The first-order valence-corrected chi connectivity index (χ1v) is 8.18. The zero-order valence-corrected chi connectivity index (χ0v) is 13.6. The second-order valence-electron chi connectivity index (χ2n) is 5.89. The van der Waals surface area contributed by atoms with Gasteiger partial charge in [-0.3, -0.25) is 4.79 Å². The number of fused-ring (bicyclic) bond motifs is 1. The van der Waals surface area contributed by atoms with Crippen molar-refractivity contribution in [2.45, 2.75) is 19.4 Å². The van der Waals surface area contributed by atoms with Crippen molar-refractivity contribution in [3.05, 3.63) is 47.0 Å². The number of hydrogen-bond donors (Lipinski definition) is 1. The van der Waals surface area contributed by atoms with E-state index in [-0.39, 0.29) is 18.6 Å². The molecular formula is C18H16ClNO4. The minimum atomic E-state index is 0.0960. The van der Waals surface area contributed by atoms with Crippen molar-refractivity contribution >= 4 is 23.2 Å². The van der Waals surface area contributed by atoms with Gasteiger partial charge in [-0.2, -0.15) is 0 Å². The first-order valence-electron chi connectivity index (χ1n) is 7.81. The first-order chi connectivity index (χ1) is 11.7. The SMILES string of the molecule is O=C(Nc1ccc(OCc2cc(Cl)c3c(c2)OCO3)cc1)C1CC1. The topological polar surface area (TPSA) is 56.8 Å². The minimum absolute atomic E-state index is 0.0960. The van der Waals surface area contributed by atoms with E-state index >= 15 is 0 Å². The lowest BCUT2D eigenvalue weighted by Crippen LogP contribution is -2.13. The smallest absolute Gasteiger partial charge is 0.231 e. The molecule has 1 N–H and O–H groups in total. The Balaban J connectivity index is 1.37. The molecule has 0 radical (unpaired) electrons. The third kappa shape index (κ3) is 3.26. The van der Waals surface area contributed by atoms with Gasteiger partial charge in [0.2, 0.25) is 12.7 Å². The van der Waals surface area contributed by atoms with Crippen LogP contribution in [0.4, 0.5) is 5.69 Å². The molecule has 2 aromatic rings. The monoisotopic (exact) mass is 345 g/mol. The van der Waals surface area contributed by atoms with Gasteiger partial charge in [0.1, 0.15) is 12.4 Å². The van der Waals surface area contributed by atoms with E-state index in [0.717, 1.165) is 24.1 Å². The van der Waals surface area contributed by atoms with Crippen molar-refractivity contribution < 1.29 is 19.0 Å². The summed E-state index contributed by atoms with van der Waals surface area (Å²) in [5, 5.41) is 3.41. The average molecular weight is 346 g/mol. The van der Waals surface area contributed by atoms with E-state index in [2.05, 4.69) is 5.32 Å². The quantitative estimate of drug-likeness (QED) is 0.890. The van der Waals surface area contributed by atoms with Gasteiger partial charge < -0.3 is 19.5 Å². The Hall–Kier alpha value is -2.40. The normalized spacial score (nSPS) is 15.2. The van der Waals surface area contributed by atoms with Crippen LogP contribution in [0.5, 0.6) is 17.2 Å². The summed E-state index contributed by atoms with van der Waals surface area (Å²) in [6, 6.07) is 11.0. The zero-order valence-electron chi connectivity index (χ0n) is 12.9. The molecular weight excluding hydrogens is 330 g/mol. The van der Waals surface area contributed by atoms with E-state index in [0.29, 0.717) is 28.9 Å². The Morgan fingerprint density at radius 1 is 1.21 bits per heavy atom. The maximum atomic E-state index is 11.7. The van der Waals surface area contributed by atoms with Crippen molar-refractivity contribution in [3.63, 3.8) is 0 Å². The number of benzene rings is 2. The molecule has 1 fully saturated rings. The summed E-state index contributed by atoms with van der Waals surface area (Å²) >= 11 is 6.16. The fourth-order valence-corrected chi connectivity index (χ4v) is 2.78. The van der Waals surface area contributed by atoms with E-state index in [1.54, 1.807) is 6.07 Å². The van der Waals surface area contributed by atoms with Crippen LogP contribution in [0.15, 0.2) is 36.4 Å². The number of amides is 1. The summed E-state index contributed by atoms with van der Waals surface area (Å²) in [5.41, 5.74) is 1.68. The first kappa shape index (κ1) is 15.1. The Morgan fingerprint density at radius 2 is 2.00 bits per heavy atom. The summed E-state index contributed by atoms with van der Waals surface area (Å²) in [7, 11) is 0.